The molecule has 0 unspecified atom stereocenters. The molecule has 0 atom stereocenters. The van der Waals surface area contributed by atoms with E-state index in [2.05, 4.69) is 11.0 Å². The molecule has 0 aliphatic heterocycles. The van der Waals surface area contributed by atoms with Crippen LogP contribution in [-0.4, -0.2) is 29.6 Å². The van der Waals surface area contributed by atoms with Crippen molar-refractivity contribution in [2.75, 3.05) is 13.6 Å². The molecule has 0 aromatic heterocycles. The van der Waals surface area contributed by atoms with Crippen LogP contribution < -0.4 is 0 Å². The average molecular weight is 232 g/mol. The Balaban J connectivity index is 2.42. The minimum atomic E-state index is -0.759. The number of nitriles is 1. The van der Waals surface area contributed by atoms with Gasteiger partial charge in [0, 0.05) is 13.0 Å². The topological polar surface area (TPSA) is 64.3 Å². The Labute approximate surface area is 101 Å². The molecule has 1 rings (SSSR count). The van der Waals surface area contributed by atoms with Gasteiger partial charge in [0.2, 0.25) is 0 Å². The fraction of sp³-hybridized carbons (Fsp3) is 0.385. The van der Waals surface area contributed by atoms with Crippen molar-refractivity contribution in [1.29, 1.82) is 5.26 Å². The lowest BCUT2D eigenvalue weighted by Gasteiger charge is -2.16. The highest BCUT2D eigenvalue weighted by atomic mass is 16.4. The molecule has 0 heterocycles. The zero-order valence-electron chi connectivity index (χ0n) is 9.89. The van der Waals surface area contributed by atoms with Crippen molar-refractivity contribution in [1.82, 2.24) is 4.90 Å². The van der Waals surface area contributed by atoms with Crippen LogP contribution in [0.4, 0.5) is 0 Å². The highest BCUT2D eigenvalue weighted by molar-refractivity contribution is 5.66. The lowest BCUT2D eigenvalue weighted by molar-refractivity contribution is -0.137. The third-order valence-electron chi connectivity index (χ3n) is 2.44. The zero-order chi connectivity index (χ0) is 12.7. The third kappa shape index (κ3) is 5.14. The molecule has 0 saturated carbocycles. The summed E-state index contributed by atoms with van der Waals surface area (Å²) in [7, 11) is 1.95. The minimum absolute atomic E-state index is 0.197. The number of carbonyl (C=O) groups is 1. The summed E-state index contributed by atoms with van der Waals surface area (Å²) in [6.45, 7) is 1.47. The summed E-state index contributed by atoms with van der Waals surface area (Å²) in [4.78, 5) is 12.4. The maximum absolute atomic E-state index is 10.4. The van der Waals surface area contributed by atoms with Crippen molar-refractivity contribution in [3.8, 4) is 6.07 Å². The summed E-state index contributed by atoms with van der Waals surface area (Å²) < 4.78 is 0. The molecule has 0 amide bonds. The van der Waals surface area contributed by atoms with E-state index in [4.69, 9.17) is 10.4 Å². The van der Waals surface area contributed by atoms with Gasteiger partial charge in [0.05, 0.1) is 11.6 Å². The molecule has 0 radical (unpaired) electrons. The number of carboxylic acids is 1. The molecule has 0 aliphatic carbocycles. The number of hydrogen-bond acceptors (Lipinski definition) is 3. The molecule has 90 valence electrons. The van der Waals surface area contributed by atoms with Gasteiger partial charge in [-0.2, -0.15) is 5.26 Å². The molecule has 0 fully saturated rings. The fourth-order valence-corrected chi connectivity index (χ4v) is 1.63. The summed E-state index contributed by atoms with van der Waals surface area (Å²) in [5.74, 6) is -0.759. The van der Waals surface area contributed by atoms with E-state index >= 15 is 0 Å². The van der Waals surface area contributed by atoms with Gasteiger partial charge in [-0.1, -0.05) is 12.1 Å². The number of benzene rings is 1. The summed E-state index contributed by atoms with van der Waals surface area (Å²) in [5.41, 5.74) is 1.73. The molecular formula is C13H16N2O2. The smallest absolute Gasteiger partial charge is 0.303 e. The van der Waals surface area contributed by atoms with Gasteiger partial charge in [0.25, 0.3) is 0 Å². The van der Waals surface area contributed by atoms with Gasteiger partial charge in [-0.3, -0.25) is 4.79 Å². The Bertz CT molecular complexity index is 424. The van der Waals surface area contributed by atoms with Crippen molar-refractivity contribution >= 4 is 5.97 Å². The van der Waals surface area contributed by atoms with Gasteiger partial charge in [-0.25, -0.2) is 0 Å². The molecule has 1 N–H and O–H groups in total. The first-order valence-electron chi connectivity index (χ1n) is 5.51. The van der Waals surface area contributed by atoms with E-state index in [1.807, 2.05) is 25.2 Å². The maximum Gasteiger partial charge on any atom is 0.303 e. The first-order valence-corrected chi connectivity index (χ1v) is 5.51. The van der Waals surface area contributed by atoms with Gasteiger partial charge in [-0.15, -0.1) is 0 Å². The molecular weight excluding hydrogens is 216 g/mol. The number of rotatable bonds is 6. The van der Waals surface area contributed by atoms with Crippen molar-refractivity contribution in [3.63, 3.8) is 0 Å². The van der Waals surface area contributed by atoms with Crippen molar-refractivity contribution < 1.29 is 9.90 Å². The van der Waals surface area contributed by atoms with E-state index in [0.29, 0.717) is 12.0 Å². The maximum atomic E-state index is 10.4. The van der Waals surface area contributed by atoms with Crippen LogP contribution in [0.25, 0.3) is 0 Å². The standard InChI is InChI=1S/C13H16N2O2/c1-15(7-3-6-13(16)17)10-12-5-2-4-11(8-12)9-14/h2,4-5,8H,3,6-7,10H2,1H3,(H,16,17). The van der Waals surface area contributed by atoms with E-state index < -0.39 is 5.97 Å². The first-order chi connectivity index (χ1) is 8.11. The number of aliphatic carboxylic acids is 1. The Morgan fingerprint density at radius 1 is 1.53 bits per heavy atom. The Kier molecular flexibility index (Phi) is 5.18. The van der Waals surface area contributed by atoms with Crippen molar-refractivity contribution in [2.24, 2.45) is 0 Å². The summed E-state index contributed by atoms with van der Waals surface area (Å²) in [6.07, 6.45) is 0.840. The summed E-state index contributed by atoms with van der Waals surface area (Å²) in [5, 5.41) is 17.3. The van der Waals surface area contributed by atoms with E-state index in [9.17, 15) is 4.79 Å². The summed E-state index contributed by atoms with van der Waals surface area (Å²) in [6, 6.07) is 9.56. The van der Waals surface area contributed by atoms with E-state index in [1.165, 1.54) is 0 Å². The van der Waals surface area contributed by atoms with Crippen LogP contribution in [0.2, 0.25) is 0 Å². The van der Waals surface area contributed by atoms with Gasteiger partial charge in [-0.05, 0) is 37.7 Å². The van der Waals surface area contributed by atoms with Crippen LogP contribution in [0, 0.1) is 11.3 Å². The molecule has 0 aliphatic rings. The van der Waals surface area contributed by atoms with Crippen LogP contribution >= 0.6 is 0 Å². The third-order valence-corrected chi connectivity index (χ3v) is 2.44. The monoisotopic (exact) mass is 232 g/mol. The van der Waals surface area contributed by atoms with Crippen LogP contribution in [0.1, 0.15) is 24.0 Å². The first kappa shape index (κ1) is 13.2. The lowest BCUT2D eigenvalue weighted by atomic mass is 10.1. The lowest BCUT2D eigenvalue weighted by Crippen LogP contribution is -2.19. The predicted octanol–water partition coefficient (Wildman–Crippen LogP) is 1.85. The highest BCUT2D eigenvalue weighted by Crippen LogP contribution is 2.07. The molecule has 0 saturated heterocycles. The van der Waals surface area contributed by atoms with Crippen molar-refractivity contribution in [2.45, 2.75) is 19.4 Å². The minimum Gasteiger partial charge on any atom is -0.481 e. The highest BCUT2D eigenvalue weighted by Gasteiger charge is 2.03. The zero-order valence-corrected chi connectivity index (χ0v) is 9.89. The molecule has 0 bridgehead atoms. The Morgan fingerprint density at radius 2 is 2.29 bits per heavy atom. The van der Waals surface area contributed by atoms with Gasteiger partial charge in [0.15, 0.2) is 0 Å². The van der Waals surface area contributed by atoms with Crippen molar-refractivity contribution in [3.05, 3.63) is 35.4 Å². The summed E-state index contributed by atoms with van der Waals surface area (Å²) >= 11 is 0. The second-order valence-corrected chi connectivity index (χ2v) is 4.05. The number of nitrogens with zero attached hydrogens (tertiary/aromatic N) is 2. The van der Waals surface area contributed by atoms with Gasteiger partial charge in [0.1, 0.15) is 0 Å². The molecule has 1 aromatic rings. The molecule has 4 nitrogen and oxygen atoms in total. The SMILES string of the molecule is CN(CCCC(=O)O)Cc1cccc(C#N)c1. The number of hydrogen-bond donors (Lipinski definition) is 1. The largest absolute Gasteiger partial charge is 0.481 e. The Hall–Kier alpha value is -1.86. The second-order valence-electron chi connectivity index (χ2n) is 4.05. The molecule has 1 aromatic carbocycles. The second kappa shape index (κ2) is 6.66. The van der Waals surface area contributed by atoms with Gasteiger partial charge < -0.3 is 10.0 Å². The quantitative estimate of drug-likeness (QED) is 0.813. The van der Waals surface area contributed by atoms with Crippen LogP contribution in [-0.2, 0) is 11.3 Å². The van der Waals surface area contributed by atoms with E-state index in [-0.39, 0.29) is 6.42 Å². The van der Waals surface area contributed by atoms with Crippen LogP contribution in [0.3, 0.4) is 0 Å². The normalized spacial score (nSPS) is 10.2. The van der Waals surface area contributed by atoms with Gasteiger partial charge >= 0.3 is 5.97 Å². The molecule has 0 spiro atoms. The molecule has 17 heavy (non-hydrogen) atoms. The van der Waals surface area contributed by atoms with E-state index in [1.54, 1.807) is 6.07 Å². The Morgan fingerprint density at radius 3 is 2.94 bits per heavy atom. The van der Waals surface area contributed by atoms with E-state index in [0.717, 1.165) is 18.7 Å². The number of carboxylic acid groups (broad SMARTS) is 1. The van der Waals surface area contributed by atoms with Crippen LogP contribution in [0.5, 0.6) is 0 Å². The fourth-order valence-electron chi connectivity index (χ4n) is 1.63. The van der Waals surface area contributed by atoms with Crippen LogP contribution in [0.15, 0.2) is 24.3 Å². The average Bonchev–Trinajstić information content (AvgIpc) is 2.28. The predicted molar refractivity (Wildman–Crippen MR) is 64.4 cm³/mol. The molecule has 4 heteroatoms.